The summed E-state index contributed by atoms with van der Waals surface area (Å²) in [5.74, 6) is 0.884. The second-order valence-electron chi connectivity index (χ2n) is 1.80. The van der Waals surface area contributed by atoms with E-state index in [1.165, 1.54) is 6.42 Å². The van der Waals surface area contributed by atoms with Gasteiger partial charge in [-0.05, 0) is 5.92 Å². The van der Waals surface area contributed by atoms with Crippen molar-refractivity contribution in [2.75, 3.05) is 0 Å². The predicted molar refractivity (Wildman–Crippen MR) is 25.1 cm³/mol. The molecular formula is C5H12Zn. The molecule has 0 radical (unpaired) electrons. The molecule has 0 bridgehead atoms. The third-order valence-electron chi connectivity index (χ3n) is 0.816. The van der Waals surface area contributed by atoms with Crippen molar-refractivity contribution in [3.63, 3.8) is 0 Å². The Morgan fingerprint density at radius 3 is 1.50 bits per heavy atom. The minimum atomic E-state index is 0. The van der Waals surface area contributed by atoms with Crippen molar-refractivity contribution < 1.29 is 19.5 Å². The van der Waals surface area contributed by atoms with Crippen molar-refractivity contribution in [1.29, 1.82) is 0 Å². The Bertz CT molecular complexity index is 17.9. The van der Waals surface area contributed by atoms with Crippen LogP contribution in [0.25, 0.3) is 0 Å². The van der Waals surface area contributed by atoms with Crippen molar-refractivity contribution in [2.24, 2.45) is 5.92 Å². The van der Waals surface area contributed by atoms with E-state index in [0.29, 0.717) is 0 Å². The molecule has 1 heteroatoms. The minimum Gasteiger partial charge on any atom is -0.0651 e. The Kier molecular flexibility index (Phi) is 9.18. The standard InChI is InChI=1S/C5H12.Zn/c1-4-5(2)3;/h5H,4H2,1-3H3;. The summed E-state index contributed by atoms with van der Waals surface area (Å²) in [6.45, 7) is 6.64. The van der Waals surface area contributed by atoms with Gasteiger partial charge in [0.1, 0.15) is 0 Å². The third-order valence-corrected chi connectivity index (χ3v) is 0.816. The Balaban J connectivity index is 0. The van der Waals surface area contributed by atoms with Gasteiger partial charge < -0.3 is 0 Å². The first kappa shape index (κ1) is 9.80. The molecule has 0 aromatic heterocycles. The van der Waals surface area contributed by atoms with Gasteiger partial charge in [0.25, 0.3) is 0 Å². The Hall–Kier alpha value is 0.623. The van der Waals surface area contributed by atoms with Crippen LogP contribution < -0.4 is 0 Å². The van der Waals surface area contributed by atoms with Gasteiger partial charge in [-0.2, -0.15) is 0 Å². The van der Waals surface area contributed by atoms with E-state index in [1.54, 1.807) is 0 Å². The molecular weight excluding hydrogens is 125 g/mol. The summed E-state index contributed by atoms with van der Waals surface area (Å²) in [5.41, 5.74) is 0. The molecule has 0 aliphatic heterocycles. The molecule has 0 heterocycles. The first-order chi connectivity index (χ1) is 2.27. The molecule has 0 saturated heterocycles. The molecule has 6 heavy (non-hydrogen) atoms. The Labute approximate surface area is 53.1 Å². The second-order valence-corrected chi connectivity index (χ2v) is 1.80. The van der Waals surface area contributed by atoms with Crippen LogP contribution in [0.15, 0.2) is 0 Å². The van der Waals surface area contributed by atoms with Crippen LogP contribution in [0.1, 0.15) is 27.2 Å². The topological polar surface area (TPSA) is 0 Å². The molecule has 0 unspecified atom stereocenters. The SMILES string of the molecule is CCC(C)C.[Zn]. The fourth-order valence-corrected chi connectivity index (χ4v) is 0. The average Bonchev–Trinajstić information content (AvgIpc) is 1.38. The van der Waals surface area contributed by atoms with E-state index < -0.39 is 0 Å². The summed E-state index contributed by atoms with van der Waals surface area (Å²) in [5, 5.41) is 0. The van der Waals surface area contributed by atoms with Gasteiger partial charge in [0.05, 0.1) is 0 Å². The molecule has 0 saturated carbocycles. The molecule has 0 aromatic rings. The van der Waals surface area contributed by atoms with Gasteiger partial charge >= 0.3 is 0 Å². The average molecular weight is 138 g/mol. The van der Waals surface area contributed by atoms with Gasteiger partial charge in [0.2, 0.25) is 0 Å². The van der Waals surface area contributed by atoms with Crippen LogP contribution in [0, 0.1) is 5.92 Å². The second kappa shape index (κ2) is 5.62. The maximum atomic E-state index is 2.22. The smallest absolute Gasteiger partial charge is 0 e. The van der Waals surface area contributed by atoms with E-state index in [1.807, 2.05) is 0 Å². The van der Waals surface area contributed by atoms with Crippen molar-refractivity contribution in [1.82, 2.24) is 0 Å². The van der Waals surface area contributed by atoms with E-state index in [-0.39, 0.29) is 19.5 Å². The molecule has 0 aromatic carbocycles. The van der Waals surface area contributed by atoms with Crippen LogP contribution in [0.2, 0.25) is 0 Å². The normalized spacial score (nSPS) is 8.00. The fraction of sp³-hybridized carbons (Fsp3) is 1.00. The molecule has 0 amide bonds. The molecule has 0 N–H and O–H groups in total. The maximum Gasteiger partial charge on any atom is 0 e. The van der Waals surface area contributed by atoms with Crippen molar-refractivity contribution in [3.05, 3.63) is 0 Å². The van der Waals surface area contributed by atoms with E-state index >= 15 is 0 Å². The number of hydrogen-bond donors (Lipinski definition) is 0. The summed E-state index contributed by atoms with van der Waals surface area (Å²) in [7, 11) is 0. The first-order valence-electron chi connectivity index (χ1n) is 2.27. The van der Waals surface area contributed by atoms with Crippen LogP contribution in [0.3, 0.4) is 0 Å². The molecule has 0 nitrogen and oxygen atoms in total. The van der Waals surface area contributed by atoms with Crippen molar-refractivity contribution >= 4 is 0 Å². The zero-order chi connectivity index (χ0) is 4.28. The Morgan fingerprint density at radius 2 is 1.50 bits per heavy atom. The van der Waals surface area contributed by atoms with Gasteiger partial charge in [-0.3, -0.25) is 0 Å². The van der Waals surface area contributed by atoms with Crippen molar-refractivity contribution in [2.45, 2.75) is 27.2 Å². The van der Waals surface area contributed by atoms with Crippen LogP contribution in [-0.2, 0) is 19.5 Å². The van der Waals surface area contributed by atoms with E-state index in [0.717, 1.165) is 5.92 Å². The van der Waals surface area contributed by atoms with Crippen molar-refractivity contribution in [3.8, 4) is 0 Å². The van der Waals surface area contributed by atoms with E-state index in [9.17, 15) is 0 Å². The third kappa shape index (κ3) is 8.82. The first-order valence-corrected chi connectivity index (χ1v) is 2.27. The molecule has 0 aliphatic carbocycles. The van der Waals surface area contributed by atoms with Gasteiger partial charge in [0, 0.05) is 19.5 Å². The van der Waals surface area contributed by atoms with E-state index in [2.05, 4.69) is 20.8 Å². The Morgan fingerprint density at radius 1 is 1.33 bits per heavy atom. The zero-order valence-corrected chi connectivity index (χ0v) is 7.96. The number of hydrogen-bond acceptors (Lipinski definition) is 0. The molecule has 0 fully saturated rings. The summed E-state index contributed by atoms with van der Waals surface area (Å²) < 4.78 is 0. The van der Waals surface area contributed by atoms with Gasteiger partial charge in [-0.1, -0.05) is 27.2 Å². The molecule has 0 aliphatic rings. The van der Waals surface area contributed by atoms with Crippen LogP contribution >= 0.6 is 0 Å². The maximum absolute atomic E-state index is 2.22. The molecule has 0 rings (SSSR count). The fourth-order valence-electron chi connectivity index (χ4n) is 0. The minimum absolute atomic E-state index is 0. The number of rotatable bonds is 1. The van der Waals surface area contributed by atoms with Crippen LogP contribution in [0.4, 0.5) is 0 Å². The van der Waals surface area contributed by atoms with Crippen LogP contribution in [0.5, 0.6) is 0 Å². The van der Waals surface area contributed by atoms with Gasteiger partial charge in [-0.25, -0.2) is 0 Å². The molecule has 0 spiro atoms. The molecule has 0 atom stereocenters. The van der Waals surface area contributed by atoms with E-state index in [4.69, 9.17) is 0 Å². The summed E-state index contributed by atoms with van der Waals surface area (Å²) in [6, 6.07) is 0. The van der Waals surface area contributed by atoms with Gasteiger partial charge in [-0.15, -0.1) is 0 Å². The molecule has 34 valence electrons. The van der Waals surface area contributed by atoms with Crippen LogP contribution in [-0.4, -0.2) is 0 Å². The summed E-state index contributed by atoms with van der Waals surface area (Å²) >= 11 is 0. The summed E-state index contributed by atoms with van der Waals surface area (Å²) in [4.78, 5) is 0. The quantitative estimate of drug-likeness (QED) is 0.486. The largest absolute Gasteiger partial charge is 0.0651 e. The zero-order valence-electron chi connectivity index (χ0n) is 4.99. The monoisotopic (exact) mass is 136 g/mol. The predicted octanol–water partition coefficient (Wildman–Crippen LogP) is 2.05. The summed E-state index contributed by atoms with van der Waals surface area (Å²) in [6.07, 6.45) is 1.31. The van der Waals surface area contributed by atoms with Gasteiger partial charge in [0.15, 0.2) is 0 Å².